The number of carbonyl (C=O) groups excluding carboxylic acids is 1. The molecule has 1 aliphatic rings. The number of sulfonamides is 1. The second-order valence-corrected chi connectivity index (χ2v) is 8.41. The van der Waals surface area contributed by atoms with Gasteiger partial charge in [-0.25, -0.2) is 8.42 Å². The van der Waals surface area contributed by atoms with Crippen LogP contribution in [0.5, 0.6) is 0 Å². The molecule has 0 spiro atoms. The average molecular weight is 376 g/mol. The van der Waals surface area contributed by atoms with Crippen LogP contribution in [0.25, 0.3) is 0 Å². The average Bonchev–Trinajstić information content (AvgIpc) is 3.34. The van der Waals surface area contributed by atoms with Gasteiger partial charge in [0.25, 0.3) is 5.91 Å². The first-order valence-corrected chi connectivity index (χ1v) is 10.3. The number of amides is 1. The Hall–Kier alpha value is -2.19. The molecule has 1 saturated carbocycles. The van der Waals surface area contributed by atoms with Gasteiger partial charge in [0.2, 0.25) is 10.0 Å². The molecule has 26 heavy (non-hydrogen) atoms. The standard InChI is InChI=1S/C18H24N4O3S/c1-4-22(5-2)26(24,25)17-10-14(9-6-12(17)3)19-18(23)16-11-15(20-21-16)13-7-8-13/h6,9-11,13H,4-5,7-8H2,1-3H3,(H,19,23)(H,20,21). The van der Waals surface area contributed by atoms with Crippen molar-refractivity contribution in [2.75, 3.05) is 18.4 Å². The quantitative estimate of drug-likeness (QED) is 0.777. The third-order valence-corrected chi connectivity index (χ3v) is 6.81. The number of hydrogen-bond donors (Lipinski definition) is 2. The first kappa shape index (κ1) is 18.6. The van der Waals surface area contributed by atoms with E-state index >= 15 is 0 Å². The van der Waals surface area contributed by atoms with Gasteiger partial charge in [0.1, 0.15) is 0 Å². The van der Waals surface area contributed by atoms with Crippen LogP contribution in [-0.2, 0) is 10.0 Å². The van der Waals surface area contributed by atoms with Gasteiger partial charge < -0.3 is 5.32 Å². The van der Waals surface area contributed by atoms with Gasteiger partial charge in [-0.05, 0) is 43.5 Å². The lowest BCUT2D eigenvalue weighted by atomic mass is 10.2. The van der Waals surface area contributed by atoms with Crippen LogP contribution < -0.4 is 5.32 Å². The van der Waals surface area contributed by atoms with E-state index in [9.17, 15) is 13.2 Å². The molecule has 0 radical (unpaired) electrons. The topological polar surface area (TPSA) is 95.2 Å². The number of hydrogen-bond acceptors (Lipinski definition) is 4. The molecular formula is C18H24N4O3S. The number of aryl methyl sites for hydroxylation is 1. The maximum Gasteiger partial charge on any atom is 0.276 e. The highest BCUT2D eigenvalue weighted by atomic mass is 32.2. The number of aromatic amines is 1. The summed E-state index contributed by atoms with van der Waals surface area (Å²) in [6, 6.07) is 6.67. The van der Waals surface area contributed by atoms with Crippen molar-refractivity contribution in [1.82, 2.24) is 14.5 Å². The van der Waals surface area contributed by atoms with E-state index in [1.165, 1.54) is 10.4 Å². The van der Waals surface area contributed by atoms with E-state index in [1.54, 1.807) is 39.0 Å². The number of anilines is 1. The third-order valence-electron chi connectivity index (χ3n) is 4.62. The Labute approximate surface area is 153 Å². The number of rotatable bonds is 7. The highest BCUT2D eigenvalue weighted by Gasteiger charge is 2.27. The zero-order valence-corrected chi connectivity index (χ0v) is 16.1. The molecular weight excluding hydrogens is 352 g/mol. The summed E-state index contributed by atoms with van der Waals surface area (Å²) in [4.78, 5) is 12.6. The van der Waals surface area contributed by atoms with Gasteiger partial charge in [0, 0.05) is 30.4 Å². The highest BCUT2D eigenvalue weighted by molar-refractivity contribution is 7.89. The minimum atomic E-state index is -3.59. The van der Waals surface area contributed by atoms with E-state index in [-0.39, 0.29) is 10.8 Å². The summed E-state index contributed by atoms with van der Waals surface area (Å²) in [6.07, 6.45) is 2.24. The molecule has 8 heteroatoms. The summed E-state index contributed by atoms with van der Waals surface area (Å²) >= 11 is 0. The number of carbonyl (C=O) groups is 1. The molecule has 1 amide bonds. The Balaban J connectivity index is 1.83. The largest absolute Gasteiger partial charge is 0.321 e. The van der Waals surface area contributed by atoms with Gasteiger partial charge in [-0.1, -0.05) is 19.9 Å². The molecule has 1 aromatic carbocycles. The Bertz CT molecular complexity index is 912. The smallest absolute Gasteiger partial charge is 0.276 e. The predicted molar refractivity (Wildman–Crippen MR) is 99.8 cm³/mol. The summed E-state index contributed by atoms with van der Waals surface area (Å²) in [5, 5.41) is 9.69. The Morgan fingerprint density at radius 2 is 1.96 bits per heavy atom. The number of H-pyrrole nitrogens is 1. The van der Waals surface area contributed by atoms with Crippen molar-refractivity contribution in [2.24, 2.45) is 0 Å². The molecule has 2 aromatic rings. The maximum absolute atomic E-state index is 12.8. The lowest BCUT2D eigenvalue weighted by molar-refractivity contribution is 0.102. The zero-order chi connectivity index (χ0) is 18.9. The number of aromatic nitrogens is 2. The van der Waals surface area contributed by atoms with Gasteiger partial charge in [0.05, 0.1) is 4.90 Å². The second-order valence-electron chi connectivity index (χ2n) is 6.51. The molecule has 0 saturated heterocycles. The zero-order valence-electron chi connectivity index (χ0n) is 15.2. The molecule has 2 N–H and O–H groups in total. The monoisotopic (exact) mass is 376 g/mol. The summed E-state index contributed by atoms with van der Waals surface area (Å²) < 4.78 is 27.0. The number of benzene rings is 1. The van der Waals surface area contributed by atoms with Crippen LogP contribution in [0.15, 0.2) is 29.2 Å². The van der Waals surface area contributed by atoms with Crippen LogP contribution in [0, 0.1) is 6.92 Å². The van der Waals surface area contributed by atoms with Gasteiger partial charge in [-0.3, -0.25) is 9.89 Å². The lowest BCUT2D eigenvalue weighted by Crippen LogP contribution is -2.31. The molecule has 1 aliphatic carbocycles. The molecule has 0 unspecified atom stereocenters. The molecule has 140 valence electrons. The van der Waals surface area contributed by atoms with Gasteiger partial charge >= 0.3 is 0 Å². The maximum atomic E-state index is 12.8. The van der Waals surface area contributed by atoms with Crippen molar-refractivity contribution >= 4 is 21.6 Å². The van der Waals surface area contributed by atoms with Crippen LogP contribution in [-0.4, -0.2) is 41.9 Å². The van der Waals surface area contributed by atoms with Crippen LogP contribution in [0.2, 0.25) is 0 Å². The number of nitrogens with one attached hydrogen (secondary N) is 2. The Morgan fingerprint density at radius 1 is 1.27 bits per heavy atom. The molecule has 0 atom stereocenters. The minimum absolute atomic E-state index is 0.208. The van der Waals surface area contributed by atoms with Crippen molar-refractivity contribution in [1.29, 1.82) is 0 Å². The fraction of sp³-hybridized carbons (Fsp3) is 0.444. The first-order chi connectivity index (χ1) is 12.4. The van der Waals surface area contributed by atoms with Gasteiger partial charge in [-0.15, -0.1) is 0 Å². The van der Waals surface area contributed by atoms with Crippen LogP contribution in [0.1, 0.15) is 54.4 Å². The van der Waals surface area contributed by atoms with Crippen LogP contribution in [0.3, 0.4) is 0 Å². The van der Waals surface area contributed by atoms with Crippen molar-refractivity contribution in [3.8, 4) is 0 Å². The van der Waals surface area contributed by atoms with Crippen molar-refractivity contribution in [2.45, 2.75) is 44.4 Å². The molecule has 1 aromatic heterocycles. The molecule has 0 aliphatic heterocycles. The molecule has 7 nitrogen and oxygen atoms in total. The summed E-state index contributed by atoms with van der Waals surface area (Å²) in [7, 11) is -3.59. The number of nitrogens with zero attached hydrogens (tertiary/aromatic N) is 2. The SMILES string of the molecule is CCN(CC)S(=O)(=O)c1cc(NC(=O)c2cc(C3CC3)[nH]n2)ccc1C. The lowest BCUT2D eigenvalue weighted by Gasteiger charge is -2.20. The first-order valence-electron chi connectivity index (χ1n) is 8.84. The van der Waals surface area contributed by atoms with E-state index in [1.807, 2.05) is 0 Å². The van der Waals surface area contributed by atoms with Gasteiger partial charge in [0.15, 0.2) is 5.69 Å². The van der Waals surface area contributed by atoms with E-state index in [0.717, 1.165) is 18.5 Å². The fourth-order valence-corrected chi connectivity index (χ4v) is 4.62. The van der Waals surface area contributed by atoms with E-state index in [4.69, 9.17) is 0 Å². The summed E-state index contributed by atoms with van der Waals surface area (Å²) in [5.74, 6) is 0.123. The van der Waals surface area contributed by atoms with Crippen molar-refractivity contribution < 1.29 is 13.2 Å². The Morgan fingerprint density at radius 3 is 2.58 bits per heavy atom. The fourth-order valence-electron chi connectivity index (χ4n) is 2.91. The van der Waals surface area contributed by atoms with Crippen molar-refractivity contribution in [3.05, 3.63) is 41.2 Å². The van der Waals surface area contributed by atoms with Crippen molar-refractivity contribution in [3.63, 3.8) is 0 Å². The second kappa shape index (κ2) is 7.20. The molecule has 0 bridgehead atoms. The van der Waals surface area contributed by atoms with Gasteiger partial charge in [-0.2, -0.15) is 9.40 Å². The predicted octanol–water partition coefficient (Wildman–Crippen LogP) is 2.88. The van der Waals surface area contributed by atoms with E-state index in [0.29, 0.717) is 36.0 Å². The van der Waals surface area contributed by atoms with E-state index < -0.39 is 10.0 Å². The van der Waals surface area contributed by atoms with Crippen LogP contribution >= 0.6 is 0 Å². The molecule has 1 heterocycles. The Kier molecular flexibility index (Phi) is 5.15. The van der Waals surface area contributed by atoms with E-state index in [2.05, 4.69) is 15.5 Å². The summed E-state index contributed by atoms with van der Waals surface area (Å²) in [6.45, 7) is 6.14. The minimum Gasteiger partial charge on any atom is -0.321 e. The molecule has 1 fully saturated rings. The highest BCUT2D eigenvalue weighted by Crippen LogP contribution is 2.39. The van der Waals surface area contributed by atoms with Crippen LogP contribution in [0.4, 0.5) is 5.69 Å². The third kappa shape index (κ3) is 3.66. The molecule has 3 rings (SSSR count). The summed E-state index contributed by atoms with van der Waals surface area (Å²) in [5.41, 5.74) is 2.36. The normalized spacial score (nSPS) is 14.6.